The highest BCUT2D eigenvalue weighted by Crippen LogP contribution is 2.22. The summed E-state index contributed by atoms with van der Waals surface area (Å²) in [5.74, 6) is -0.205. The van der Waals surface area contributed by atoms with E-state index in [9.17, 15) is 4.79 Å². The summed E-state index contributed by atoms with van der Waals surface area (Å²) in [6.07, 6.45) is 4.62. The average Bonchev–Trinajstić information content (AvgIpc) is 3.32. The number of anilines is 1. The van der Waals surface area contributed by atoms with Gasteiger partial charge in [-0.05, 0) is 53.2 Å². The van der Waals surface area contributed by atoms with Gasteiger partial charge in [0.05, 0.1) is 11.3 Å². The van der Waals surface area contributed by atoms with Gasteiger partial charge in [0.1, 0.15) is 6.33 Å². The maximum Gasteiger partial charge on any atom is 0.257 e. The number of fused-ring (bicyclic) bond motifs is 1. The molecule has 0 aliphatic rings. The molecule has 130 valence electrons. The summed E-state index contributed by atoms with van der Waals surface area (Å²) < 4.78 is 3.69. The smallest absolute Gasteiger partial charge is 0.257 e. The third-order valence-electron chi connectivity index (χ3n) is 4.24. The number of aromatic nitrogens is 5. The molecule has 0 radical (unpaired) electrons. The van der Waals surface area contributed by atoms with Crippen LogP contribution >= 0.6 is 0 Å². The Morgan fingerprint density at radius 3 is 2.85 bits per heavy atom. The first kappa shape index (κ1) is 16.0. The van der Waals surface area contributed by atoms with Gasteiger partial charge in [0, 0.05) is 29.3 Å². The molecule has 1 N–H and O–H groups in total. The van der Waals surface area contributed by atoms with Crippen LogP contribution in [0.4, 0.5) is 5.69 Å². The second-order valence-corrected chi connectivity index (χ2v) is 6.01. The number of hydrogen-bond donors (Lipinski definition) is 1. The van der Waals surface area contributed by atoms with Gasteiger partial charge in [-0.15, -0.1) is 5.10 Å². The predicted molar refractivity (Wildman–Crippen MR) is 99.3 cm³/mol. The molecule has 2 heterocycles. The monoisotopic (exact) mass is 346 g/mol. The van der Waals surface area contributed by atoms with Gasteiger partial charge in [-0.1, -0.05) is 19.1 Å². The van der Waals surface area contributed by atoms with Gasteiger partial charge in [0.15, 0.2) is 0 Å². The third-order valence-corrected chi connectivity index (χ3v) is 4.24. The molecule has 0 aliphatic heterocycles. The minimum atomic E-state index is -0.205. The van der Waals surface area contributed by atoms with Crippen molar-refractivity contribution in [3.05, 3.63) is 66.6 Å². The number of nitrogens with one attached hydrogen (secondary N) is 1. The molecule has 0 saturated carbocycles. The molecule has 0 aliphatic carbocycles. The van der Waals surface area contributed by atoms with Crippen LogP contribution in [-0.4, -0.2) is 30.7 Å². The van der Waals surface area contributed by atoms with E-state index in [4.69, 9.17) is 0 Å². The van der Waals surface area contributed by atoms with Crippen molar-refractivity contribution in [2.75, 3.05) is 5.32 Å². The van der Waals surface area contributed by atoms with Crippen molar-refractivity contribution in [3.8, 4) is 5.69 Å². The summed E-state index contributed by atoms with van der Waals surface area (Å²) in [5, 5.41) is 15.2. The number of tetrazole rings is 1. The quantitative estimate of drug-likeness (QED) is 0.601. The lowest BCUT2D eigenvalue weighted by Gasteiger charge is -2.10. The number of carbonyl (C=O) groups excluding carboxylic acids is 1. The standard InChI is InChI=1S/C19H18N6O/c1-2-10-24-11-9-14-12-15(7-8-17(14)24)21-19(26)16-5-3-4-6-18(16)25-13-20-22-23-25/h3-9,11-13H,2,10H2,1H3,(H,21,26). The van der Waals surface area contributed by atoms with Gasteiger partial charge in [-0.25, -0.2) is 0 Å². The number of amides is 1. The van der Waals surface area contributed by atoms with Gasteiger partial charge in [0.2, 0.25) is 0 Å². The molecule has 0 bridgehead atoms. The minimum Gasteiger partial charge on any atom is -0.347 e. The largest absolute Gasteiger partial charge is 0.347 e. The molecule has 2 aromatic heterocycles. The highest BCUT2D eigenvalue weighted by atomic mass is 16.1. The Bertz CT molecular complexity index is 1050. The van der Waals surface area contributed by atoms with Gasteiger partial charge >= 0.3 is 0 Å². The first-order valence-corrected chi connectivity index (χ1v) is 8.49. The molecule has 7 heteroatoms. The molecule has 0 fully saturated rings. The predicted octanol–water partition coefficient (Wildman–Crippen LogP) is 3.28. The number of rotatable bonds is 5. The lowest BCUT2D eigenvalue weighted by atomic mass is 10.1. The van der Waals surface area contributed by atoms with Crippen molar-refractivity contribution < 1.29 is 4.79 Å². The highest BCUT2D eigenvalue weighted by molar-refractivity contribution is 6.07. The fourth-order valence-electron chi connectivity index (χ4n) is 3.05. The number of benzene rings is 2. The molecule has 4 rings (SSSR count). The van der Waals surface area contributed by atoms with Crippen LogP contribution in [0.5, 0.6) is 0 Å². The molecule has 2 aromatic carbocycles. The number of aryl methyl sites for hydroxylation is 1. The minimum absolute atomic E-state index is 0.205. The van der Waals surface area contributed by atoms with Crippen LogP contribution in [0.2, 0.25) is 0 Å². The summed E-state index contributed by atoms with van der Waals surface area (Å²) in [6, 6.07) is 15.2. The maximum absolute atomic E-state index is 12.8. The fourth-order valence-corrected chi connectivity index (χ4v) is 3.05. The maximum atomic E-state index is 12.8. The van der Waals surface area contributed by atoms with Gasteiger partial charge in [-0.2, -0.15) is 4.68 Å². The zero-order valence-electron chi connectivity index (χ0n) is 14.3. The van der Waals surface area contributed by atoms with E-state index in [1.54, 1.807) is 12.1 Å². The molecule has 0 unspecified atom stereocenters. The molecule has 7 nitrogen and oxygen atoms in total. The van der Waals surface area contributed by atoms with Crippen LogP contribution in [0, 0.1) is 0 Å². The Hall–Kier alpha value is -3.48. The number of para-hydroxylation sites is 1. The molecule has 0 atom stereocenters. The van der Waals surface area contributed by atoms with E-state index < -0.39 is 0 Å². The Morgan fingerprint density at radius 2 is 2.04 bits per heavy atom. The van der Waals surface area contributed by atoms with Crippen molar-refractivity contribution >= 4 is 22.5 Å². The molecule has 1 amide bonds. The molecule has 4 aromatic rings. The van der Waals surface area contributed by atoms with E-state index in [-0.39, 0.29) is 5.91 Å². The highest BCUT2D eigenvalue weighted by Gasteiger charge is 2.14. The van der Waals surface area contributed by atoms with Crippen molar-refractivity contribution in [3.63, 3.8) is 0 Å². The van der Waals surface area contributed by atoms with Crippen LogP contribution < -0.4 is 5.32 Å². The van der Waals surface area contributed by atoms with E-state index >= 15 is 0 Å². The van der Waals surface area contributed by atoms with Crippen LogP contribution in [0.25, 0.3) is 16.6 Å². The van der Waals surface area contributed by atoms with Gasteiger partial charge in [0.25, 0.3) is 5.91 Å². The number of hydrogen-bond acceptors (Lipinski definition) is 4. The number of nitrogens with zero attached hydrogens (tertiary/aromatic N) is 5. The van der Waals surface area contributed by atoms with Crippen LogP contribution in [0.15, 0.2) is 61.1 Å². The molecule has 0 spiro atoms. The lowest BCUT2D eigenvalue weighted by molar-refractivity contribution is 0.102. The summed E-state index contributed by atoms with van der Waals surface area (Å²) in [5.41, 5.74) is 3.05. The Labute approximate surface area is 150 Å². The Kier molecular flexibility index (Phi) is 4.18. The zero-order valence-corrected chi connectivity index (χ0v) is 14.3. The molecule has 0 saturated heterocycles. The van der Waals surface area contributed by atoms with Crippen LogP contribution in [-0.2, 0) is 6.54 Å². The molecular formula is C19H18N6O. The Morgan fingerprint density at radius 1 is 1.15 bits per heavy atom. The van der Waals surface area contributed by atoms with Gasteiger partial charge in [-0.3, -0.25) is 4.79 Å². The van der Waals surface area contributed by atoms with Crippen molar-refractivity contribution in [2.45, 2.75) is 19.9 Å². The average molecular weight is 346 g/mol. The van der Waals surface area contributed by atoms with Crippen molar-refractivity contribution in [1.29, 1.82) is 0 Å². The first-order chi connectivity index (χ1) is 12.8. The number of carbonyl (C=O) groups is 1. The summed E-state index contributed by atoms with van der Waals surface area (Å²) in [6.45, 7) is 3.14. The summed E-state index contributed by atoms with van der Waals surface area (Å²) in [7, 11) is 0. The van der Waals surface area contributed by atoms with E-state index in [0.29, 0.717) is 11.3 Å². The zero-order chi connectivity index (χ0) is 17.9. The van der Waals surface area contributed by atoms with E-state index in [1.807, 2.05) is 30.3 Å². The normalized spacial score (nSPS) is 11.0. The Balaban J connectivity index is 1.62. The van der Waals surface area contributed by atoms with Crippen molar-refractivity contribution in [2.24, 2.45) is 0 Å². The molecule has 26 heavy (non-hydrogen) atoms. The van der Waals surface area contributed by atoms with E-state index in [0.717, 1.165) is 24.0 Å². The summed E-state index contributed by atoms with van der Waals surface area (Å²) >= 11 is 0. The second kappa shape index (κ2) is 6.79. The van der Waals surface area contributed by atoms with Gasteiger partial charge < -0.3 is 9.88 Å². The topological polar surface area (TPSA) is 77.6 Å². The third kappa shape index (κ3) is 2.95. The van der Waals surface area contributed by atoms with E-state index in [1.165, 1.54) is 16.5 Å². The fraction of sp³-hybridized carbons (Fsp3) is 0.158. The first-order valence-electron chi connectivity index (χ1n) is 8.49. The summed E-state index contributed by atoms with van der Waals surface area (Å²) in [4.78, 5) is 12.8. The molecular weight excluding hydrogens is 328 g/mol. The van der Waals surface area contributed by atoms with Crippen LogP contribution in [0.1, 0.15) is 23.7 Å². The van der Waals surface area contributed by atoms with Crippen molar-refractivity contribution in [1.82, 2.24) is 24.8 Å². The SMILES string of the molecule is CCCn1ccc2cc(NC(=O)c3ccccc3-n3cnnn3)ccc21. The lowest BCUT2D eigenvalue weighted by Crippen LogP contribution is -2.15. The van der Waals surface area contributed by atoms with Crippen LogP contribution in [0.3, 0.4) is 0 Å². The second-order valence-electron chi connectivity index (χ2n) is 6.01. The van der Waals surface area contributed by atoms with E-state index in [2.05, 4.69) is 44.6 Å².